The van der Waals surface area contributed by atoms with Gasteiger partial charge in [-0.2, -0.15) is 0 Å². The van der Waals surface area contributed by atoms with Gasteiger partial charge in [0, 0.05) is 42.1 Å². The molecule has 1 atom stereocenters. The third-order valence-corrected chi connectivity index (χ3v) is 20.6. The zero-order valence-corrected chi connectivity index (χ0v) is 50.2. The predicted molar refractivity (Wildman–Crippen MR) is 344 cm³/mol. The number of nitrogens with one attached hydrogen (secondary N) is 2. The number of hydrogen-bond acceptors (Lipinski definition) is 6. The lowest BCUT2D eigenvalue weighted by Crippen LogP contribution is -2.25. The monoisotopic (exact) mass is 1110 g/mol. The maximum Gasteiger partial charge on any atom is 0.198 e. The first-order valence-electron chi connectivity index (χ1n) is 30.8. The molecule has 4 aliphatic carbocycles. The zero-order chi connectivity index (χ0) is 55.8. The van der Waals surface area contributed by atoms with Gasteiger partial charge in [0.25, 0.3) is 0 Å². The minimum atomic E-state index is -0.183. The Hall–Kier alpha value is -6.34. The van der Waals surface area contributed by atoms with Crippen molar-refractivity contribution >= 4 is 63.4 Å². The van der Waals surface area contributed by atoms with Crippen LogP contribution in [0.25, 0.3) is 16.7 Å². The standard InChI is InChI=1S/C75H82N2O2S2/c1-6-8-10-15-52-20-24-54(25-21-52)56-28-32-58(33-29-56)60-36-40-62(41-37-60)80-68-46-44-65(76-64-17-13-12-14-50(64)4)70-72(68)75(79)73-69(47-45-66(71(73)74(70)78)77-67-48-49(3)18-19-51(67)5)81-63-42-38-61(39-43-63)59-34-30-57(31-35-59)55-26-22-53(23-27-55)16-11-9-7-2/h12-14,17-19,28-30,32-48,52-55,57,76-77H,6-11,15-16,20-27,31H2,1-5H3. The molecule has 7 aromatic rings. The number of anilines is 4. The minimum absolute atomic E-state index is 0.155. The summed E-state index contributed by atoms with van der Waals surface area (Å²) in [6, 6.07) is 49.1. The molecule has 2 N–H and O–H groups in total. The van der Waals surface area contributed by atoms with Gasteiger partial charge in [-0.15, -0.1) is 0 Å². The summed E-state index contributed by atoms with van der Waals surface area (Å²) in [5.74, 6) is 3.57. The number of unbranched alkanes of at least 4 members (excludes halogenated alkanes) is 4. The van der Waals surface area contributed by atoms with Gasteiger partial charge < -0.3 is 10.6 Å². The molecule has 0 aromatic heterocycles. The van der Waals surface area contributed by atoms with E-state index in [9.17, 15) is 0 Å². The van der Waals surface area contributed by atoms with Gasteiger partial charge in [0.15, 0.2) is 11.6 Å². The van der Waals surface area contributed by atoms with Gasteiger partial charge in [0.05, 0.1) is 22.5 Å². The number of allylic oxidation sites excluding steroid dienone is 4. The second-order valence-corrected chi connectivity index (χ2v) is 26.3. The number of carbonyl (C=O) groups excluding carboxylic acids is 2. The van der Waals surface area contributed by atoms with Crippen LogP contribution in [0.15, 0.2) is 177 Å². The van der Waals surface area contributed by atoms with Crippen LogP contribution in [0.3, 0.4) is 0 Å². The second kappa shape index (κ2) is 26.3. The van der Waals surface area contributed by atoms with Crippen LogP contribution in [0, 0.1) is 44.4 Å². The third-order valence-electron chi connectivity index (χ3n) is 18.4. The number of aryl methyl sites for hydroxylation is 3. The van der Waals surface area contributed by atoms with Gasteiger partial charge in [-0.3, -0.25) is 9.59 Å². The Balaban J connectivity index is 0.874. The van der Waals surface area contributed by atoms with Crippen LogP contribution in [0.4, 0.5) is 22.7 Å². The normalized spacial score (nSPS) is 19.7. The molecule has 0 aliphatic heterocycles. The number of para-hydroxylation sites is 1. The summed E-state index contributed by atoms with van der Waals surface area (Å²) in [6.45, 7) is 10.8. The number of rotatable bonds is 20. The SMILES string of the molecule is CCCCCC1CCC(c2ccc(-c3ccc(Sc4ccc(Nc5ccccc5C)c5c4C(=O)c4c(Sc6ccc(C7=CCC(C8CCC(CCCCC)CC8)C=C7)cc6)ccc(Nc6cc(C)ccc6C)c4C5=O)cc3)cc2)CC1. The molecule has 7 aromatic carbocycles. The summed E-state index contributed by atoms with van der Waals surface area (Å²) in [5.41, 5.74) is 14.2. The first-order chi connectivity index (χ1) is 39.6. The Kier molecular flexibility index (Phi) is 18.3. The highest BCUT2D eigenvalue weighted by Crippen LogP contribution is 2.48. The summed E-state index contributed by atoms with van der Waals surface area (Å²) in [6.07, 6.45) is 30.1. The smallest absolute Gasteiger partial charge is 0.198 e. The maximum absolute atomic E-state index is 15.9. The molecule has 4 aliphatic rings. The fraction of sp³-hybridized carbons (Fsp3) is 0.360. The maximum atomic E-state index is 15.9. The van der Waals surface area contributed by atoms with E-state index < -0.39 is 0 Å². The lowest BCUT2D eigenvalue weighted by Gasteiger charge is -2.33. The molecule has 0 radical (unpaired) electrons. The van der Waals surface area contributed by atoms with Crippen LogP contribution in [-0.2, 0) is 0 Å². The molecule has 2 fully saturated rings. The van der Waals surface area contributed by atoms with Crippen LogP contribution in [0.5, 0.6) is 0 Å². The van der Waals surface area contributed by atoms with E-state index in [2.05, 4.69) is 161 Å². The van der Waals surface area contributed by atoms with Crippen molar-refractivity contribution in [2.24, 2.45) is 23.7 Å². The highest BCUT2D eigenvalue weighted by Gasteiger charge is 2.38. The predicted octanol–water partition coefficient (Wildman–Crippen LogP) is 22.0. The van der Waals surface area contributed by atoms with Crippen molar-refractivity contribution in [2.75, 3.05) is 10.6 Å². The van der Waals surface area contributed by atoms with Crippen molar-refractivity contribution in [1.29, 1.82) is 0 Å². The van der Waals surface area contributed by atoms with Gasteiger partial charge in [-0.25, -0.2) is 0 Å². The van der Waals surface area contributed by atoms with Gasteiger partial charge in [0.1, 0.15) is 0 Å². The molecule has 11 rings (SSSR count). The Labute approximate surface area is 492 Å². The third kappa shape index (κ3) is 13.1. The van der Waals surface area contributed by atoms with Gasteiger partial charge in [-0.1, -0.05) is 199 Å². The average Bonchev–Trinajstić information content (AvgIpc) is 3.50. The van der Waals surface area contributed by atoms with E-state index in [1.165, 1.54) is 125 Å². The fourth-order valence-electron chi connectivity index (χ4n) is 13.5. The molecule has 2 saturated carbocycles. The molecule has 0 spiro atoms. The second-order valence-electron chi connectivity index (χ2n) is 24.0. The zero-order valence-electron chi connectivity index (χ0n) is 48.6. The number of benzene rings is 7. The molecule has 0 amide bonds. The summed E-state index contributed by atoms with van der Waals surface area (Å²) in [5, 5.41) is 7.27. The van der Waals surface area contributed by atoms with Crippen molar-refractivity contribution in [3.05, 3.63) is 208 Å². The molecule has 0 saturated heterocycles. The Morgan fingerprint density at radius 2 is 1.00 bits per heavy atom. The highest BCUT2D eigenvalue weighted by atomic mass is 32.2. The summed E-state index contributed by atoms with van der Waals surface area (Å²) >= 11 is 3.10. The van der Waals surface area contributed by atoms with Crippen molar-refractivity contribution in [3.8, 4) is 11.1 Å². The van der Waals surface area contributed by atoms with E-state index in [1.54, 1.807) is 23.5 Å². The fourth-order valence-corrected chi connectivity index (χ4v) is 15.4. The van der Waals surface area contributed by atoms with Gasteiger partial charge >= 0.3 is 0 Å². The largest absolute Gasteiger partial charge is 0.355 e. The number of hydrogen-bond donors (Lipinski definition) is 2. The first-order valence-corrected chi connectivity index (χ1v) is 32.4. The van der Waals surface area contributed by atoms with Crippen molar-refractivity contribution in [3.63, 3.8) is 0 Å². The average molecular weight is 1110 g/mol. The molecule has 6 heteroatoms. The summed E-state index contributed by atoms with van der Waals surface area (Å²) < 4.78 is 0. The van der Waals surface area contributed by atoms with Gasteiger partial charge in [-0.05, 0) is 200 Å². The lowest BCUT2D eigenvalue weighted by atomic mass is 9.72. The Morgan fingerprint density at radius 3 is 1.56 bits per heavy atom. The molecule has 81 heavy (non-hydrogen) atoms. The van der Waals surface area contributed by atoms with E-state index in [4.69, 9.17) is 0 Å². The van der Waals surface area contributed by atoms with E-state index in [0.717, 1.165) is 77.4 Å². The topological polar surface area (TPSA) is 58.2 Å². The quantitative estimate of drug-likeness (QED) is 0.0742. The Bertz CT molecular complexity index is 3410. The summed E-state index contributed by atoms with van der Waals surface area (Å²) in [7, 11) is 0. The minimum Gasteiger partial charge on any atom is -0.355 e. The molecular formula is C75H82N2O2S2. The van der Waals surface area contributed by atoms with Crippen molar-refractivity contribution < 1.29 is 9.59 Å². The van der Waals surface area contributed by atoms with Gasteiger partial charge in [0.2, 0.25) is 0 Å². The molecule has 0 heterocycles. The van der Waals surface area contributed by atoms with E-state index >= 15 is 9.59 Å². The molecule has 1 unspecified atom stereocenters. The van der Waals surface area contributed by atoms with E-state index in [-0.39, 0.29) is 11.6 Å². The number of ketones is 2. The van der Waals surface area contributed by atoms with Crippen molar-refractivity contribution in [1.82, 2.24) is 0 Å². The number of fused-ring (bicyclic) bond motifs is 2. The lowest BCUT2D eigenvalue weighted by molar-refractivity contribution is 0.0976. The Morgan fingerprint density at radius 1 is 0.481 bits per heavy atom. The van der Waals surface area contributed by atoms with Crippen LogP contribution in [-0.4, -0.2) is 11.6 Å². The van der Waals surface area contributed by atoms with Crippen LogP contribution in [0.1, 0.15) is 189 Å². The van der Waals surface area contributed by atoms with Crippen molar-refractivity contribution in [2.45, 2.75) is 169 Å². The highest BCUT2D eigenvalue weighted by molar-refractivity contribution is 7.99. The van der Waals surface area contributed by atoms with Crippen LogP contribution >= 0.6 is 23.5 Å². The first kappa shape index (κ1) is 56.5. The van der Waals surface area contributed by atoms with E-state index in [0.29, 0.717) is 45.5 Å². The van der Waals surface area contributed by atoms with E-state index in [1.807, 2.05) is 42.5 Å². The van der Waals surface area contributed by atoms with Crippen LogP contribution in [0.2, 0.25) is 0 Å². The molecular weight excluding hydrogens is 1020 g/mol. The molecule has 4 nitrogen and oxygen atoms in total. The summed E-state index contributed by atoms with van der Waals surface area (Å²) in [4.78, 5) is 35.3. The number of carbonyl (C=O) groups is 2. The molecule has 0 bridgehead atoms. The molecule has 416 valence electrons. The van der Waals surface area contributed by atoms with Crippen LogP contribution < -0.4 is 10.6 Å².